The Bertz CT molecular complexity index is 781. The van der Waals surface area contributed by atoms with Gasteiger partial charge in [0.1, 0.15) is 6.54 Å². The minimum atomic E-state index is 0.190. The van der Waals surface area contributed by atoms with E-state index in [1.54, 1.807) is 12.1 Å². The minimum Gasteiger partial charge on any atom is -0.297 e. The standard InChI is InChI=1S/C27H41N3O/c1-6-19(4)30(29-28-5)17-26(31)24-12-10-20-21(24)9-11-23-22(20)14-15-27(7-2)16-18(3)8-13-25(23)27/h7,18,20-25H,1-2,8-17H2,3-5H3/t18-,20?,21-,22-,23?,24-,25+,27+/m0/s1. The van der Waals surface area contributed by atoms with Crippen molar-refractivity contribution in [3.63, 3.8) is 0 Å². The molecule has 4 aliphatic rings. The summed E-state index contributed by atoms with van der Waals surface area (Å²) in [7, 11) is 1.64. The van der Waals surface area contributed by atoms with Crippen molar-refractivity contribution in [2.75, 3.05) is 13.6 Å². The molecule has 2 unspecified atom stereocenters. The van der Waals surface area contributed by atoms with E-state index in [4.69, 9.17) is 0 Å². The number of Topliss-reactive ketones (excluding diaryl/α,β-unsaturated/α-hetero) is 1. The summed E-state index contributed by atoms with van der Waals surface area (Å²) in [5, 5.41) is 9.68. The first-order valence-electron chi connectivity index (χ1n) is 12.5. The molecule has 0 amide bonds. The van der Waals surface area contributed by atoms with Crippen LogP contribution in [0.5, 0.6) is 0 Å². The van der Waals surface area contributed by atoms with Crippen LogP contribution in [0.15, 0.2) is 41.0 Å². The van der Waals surface area contributed by atoms with E-state index in [-0.39, 0.29) is 5.92 Å². The van der Waals surface area contributed by atoms with Crippen LogP contribution in [0.1, 0.15) is 71.6 Å². The zero-order valence-electron chi connectivity index (χ0n) is 19.9. The van der Waals surface area contributed by atoms with E-state index in [1.807, 2.05) is 6.92 Å². The predicted molar refractivity (Wildman–Crippen MR) is 125 cm³/mol. The van der Waals surface area contributed by atoms with Gasteiger partial charge >= 0.3 is 0 Å². The van der Waals surface area contributed by atoms with Crippen LogP contribution in [0.25, 0.3) is 0 Å². The van der Waals surface area contributed by atoms with Gasteiger partial charge in [0.25, 0.3) is 0 Å². The number of nitrogens with zero attached hydrogens (tertiary/aromatic N) is 3. The number of hydrogen-bond donors (Lipinski definition) is 0. The Kier molecular flexibility index (Phi) is 6.58. The van der Waals surface area contributed by atoms with E-state index in [9.17, 15) is 4.79 Å². The molecule has 0 heterocycles. The summed E-state index contributed by atoms with van der Waals surface area (Å²) >= 11 is 0. The topological polar surface area (TPSA) is 45.0 Å². The fraction of sp³-hybridized carbons (Fsp3) is 0.778. The molecule has 31 heavy (non-hydrogen) atoms. The molecule has 0 aliphatic heterocycles. The van der Waals surface area contributed by atoms with Crippen LogP contribution >= 0.6 is 0 Å². The molecule has 0 saturated heterocycles. The van der Waals surface area contributed by atoms with Gasteiger partial charge in [-0.25, -0.2) is 5.01 Å². The molecule has 0 spiro atoms. The highest BCUT2D eigenvalue weighted by Crippen LogP contribution is 2.63. The lowest BCUT2D eigenvalue weighted by Crippen LogP contribution is -2.50. The van der Waals surface area contributed by atoms with E-state index in [2.05, 4.69) is 42.2 Å². The Morgan fingerprint density at radius 3 is 2.52 bits per heavy atom. The molecule has 0 aromatic rings. The Labute approximate surface area is 188 Å². The molecule has 0 aromatic heterocycles. The number of fused-ring (bicyclic) bond motifs is 5. The van der Waals surface area contributed by atoms with Crippen LogP contribution in [-0.2, 0) is 4.79 Å². The molecule has 0 aromatic carbocycles. The van der Waals surface area contributed by atoms with Crippen molar-refractivity contribution in [1.29, 1.82) is 0 Å². The first-order valence-corrected chi connectivity index (χ1v) is 12.5. The lowest BCUT2D eigenvalue weighted by atomic mass is 9.47. The first kappa shape index (κ1) is 22.5. The van der Waals surface area contributed by atoms with Gasteiger partial charge in [-0.2, -0.15) is 5.11 Å². The van der Waals surface area contributed by atoms with E-state index in [0.29, 0.717) is 23.7 Å². The van der Waals surface area contributed by atoms with Gasteiger partial charge in [-0.05, 0) is 99.2 Å². The van der Waals surface area contributed by atoms with Crippen molar-refractivity contribution in [2.24, 2.45) is 57.2 Å². The largest absolute Gasteiger partial charge is 0.297 e. The third-order valence-electron chi connectivity index (χ3n) is 9.67. The van der Waals surface area contributed by atoms with Crippen molar-refractivity contribution in [2.45, 2.75) is 71.6 Å². The van der Waals surface area contributed by atoms with Gasteiger partial charge in [-0.15, -0.1) is 12.3 Å². The predicted octanol–water partition coefficient (Wildman–Crippen LogP) is 6.61. The lowest BCUT2D eigenvalue weighted by molar-refractivity contribution is -0.126. The second kappa shape index (κ2) is 9.06. The molecule has 4 heteroatoms. The van der Waals surface area contributed by atoms with Gasteiger partial charge in [0.2, 0.25) is 0 Å². The molecule has 4 fully saturated rings. The summed E-state index contributed by atoms with van der Waals surface area (Å²) in [4.78, 5) is 13.3. The summed E-state index contributed by atoms with van der Waals surface area (Å²) in [6, 6.07) is 0. The van der Waals surface area contributed by atoms with Gasteiger partial charge in [0, 0.05) is 5.92 Å². The smallest absolute Gasteiger partial charge is 0.157 e. The Balaban J connectivity index is 1.47. The molecule has 4 saturated carbocycles. The number of carbonyl (C=O) groups excluding carboxylic acids is 1. The molecule has 4 rings (SSSR count). The normalized spacial score (nSPS) is 41.6. The molecule has 8 atom stereocenters. The average molecular weight is 424 g/mol. The van der Waals surface area contributed by atoms with Crippen molar-refractivity contribution in [1.82, 2.24) is 5.01 Å². The quantitative estimate of drug-likeness (QED) is 0.209. The average Bonchev–Trinajstić information content (AvgIpc) is 3.22. The molecule has 0 radical (unpaired) electrons. The van der Waals surface area contributed by atoms with Gasteiger partial charge in [-0.1, -0.05) is 31.2 Å². The number of ketones is 1. The number of allylic oxidation sites excluding steroid dienone is 2. The molecule has 4 aliphatic carbocycles. The maximum Gasteiger partial charge on any atom is 0.157 e. The van der Waals surface area contributed by atoms with Crippen LogP contribution in [0, 0.1) is 46.8 Å². The maximum atomic E-state index is 13.3. The number of carbonyl (C=O) groups is 1. The minimum absolute atomic E-state index is 0.190. The van der Waals surface area contributed by atoms with E-state index in [1.165, 1.54) is 51.4 Å². The highest BCUT2D eigenvalue weighted by molar-refractivity contribution is 5.83. The van der Waals surface area contributed by atoms with Crippen molar-refractivity contribution >= 4 is 5.78 Å². The molecule has 0 N–H and O–H groups in total. The zero-order valence-corrected chi connectivity index (χ0v) is 19.9. The van der Waals surface area contributed by atoms with Gasteiger partial charge in [-0.3, -0.25) is 4.79 Å². The summed E-state index contributed by atoms with van der Waals surface area (Å²) < 4.78 is 0. The van der Waals surface area contributed by atoms with E-state index < -0.39 is 0 Å². The Morgan fingerprint density at radius 1 is 1.10 bits per heavy atom. The SMILES string of the molecule is C=C=C(C)N(CC(=O)[C@H]1CCC2[C@@H]3CC[C@]4(C=C)C[C@@H](C)CC[C@@H]4C3CC[C@@H]21)N=NC. The summed E-state index contributed by atoms with van der Waals surface area (Å²) in [5.74, 6) is 5.18. The van der Waals surface area contributed by atoms with Crippen molar-refractivity contribution in [3.05, 3.63) is 30.7 Å². The van der Waals surface area contributed by atoms with Gasteiger partial charge in [0.15, 0.2) is 5.78 Å². The van der Waals surface area contributed by atoms with Gasteiger partial charge < -0.3 is 0 Å². The molecular weight excluding hydrogens is 382 g/mol. The molecule has 0 bridgehead atoms. The third kappa shape index (κ3) is 3.97. The number of hydrogen-bond acceptors (Lipinski definition) is 3. The second-order valence-corrected chi connectivity index (χ2v) is 11.0. The highest BCUT2D eigenvalue weighted by Gasteiger charge is 2.56. The van der Waals surface area contributed by atoms with E-state index in [0.717, 1.165) is 41.7 Å². The summed E-state index contributed by atoms with van der Waals surface area (Å²) in [6.45, 7) is 12.6. The molecule has 170 valence electrons. The lowest BCUT2D eigenvalue weighted by Gasteiger charge is -2.58. The van der Waals surface area contributed by atoms with Gasteiger partial charge in [0.05, 0.1) is 12.7 Å². The molecular formula is C27H41N3O. The summed E-state index contributed by atoms with van der Waals surface area (Å²) in [6.07, 6.45) is 14.0. The monoisotopic (exact) mass is 423 g/mol. The van der Waals surface area contributed by atoms with Crippen LogP contribution in [-0.4, -0.2) is 24.4 Å². The van der Waals surface area contributed by atoms with Crippen LogP contribution in [0.3, 0.4) is 0 Å². The van der Waals surface area contributed by atoms with Crippen LogP contribution in [0.2, 0.25) is 0 Å². The number of rotatable bonds is 6. The first-order chi connectivity index (χ1) is 14.9. The Hall–Kier alpha value is -1.67. The zero-order chi connectivity index (χ0) is 22.2. The summed E-state index contributed by atoms with van der Waals surface area (Å²) in [5.41, 5.74) is 4.01. The third-order valence-corrected chi connectivity index (χ3v) is 9.67. The van der Waals surface area contributed by atoms with Crippen molar-refractivity contribution < 1.29 is 4.79 Å². The van der Waals surface area contributed by atoms with E-state index >= 15 is 0 Å². The Morgan fingerprint density at radius 2 is 1.81 bits per heavy atom. The van der Waals surface area contributed by atoms with Crippen molar-refractivity contribution in [3.8, 4) is 0 Å². The maximum absolute atomic E-state index is 13.3. The highest BCUT2D eigenvalue weighted by atomic mass is 16.1. The van der Waals surface area contributed by atoms with Crippen LogP contribution < -0.4 is 0 Å². The molecule has 4 nitrogen and oxygen atoms in total. The fourth-order valence-electron chi connectivity index (χ4n) is 8.32. The van der Waals surface area contributed by atoms with Crippen LogP contribution in [0.4, 0.5) is 0 Å². The second-order valence-electron chi connectivity index (χ2n) is 11.0. The fourth-order valence-corrected chi connectivity index (χ4v) is 8.32.